The predicted octanol–water partition coefficient (Wildman–Crippen LogP) is 2.76. The molecule has 0 aromatic carbocycles. The fourth-order valence-corrected chi connectivity index (χ4v) is 1.30. The topological polar surface area (TPSA) is 86.6 Å². The van der Waals surface area contributed by atoms with Gasteiger partial charge in [0.05, 0.1) is 0 Å². The molecule has 0 aliphatic carbocycles. The van der Waals surface area contributed by atoms with Crippen LogP contribution in [0.15, 0.2) is 23.6 Å². The van der Waals surface area contributed by atoms with E-state index < -0.39 is 0 Å². The molecular weight excluding hydrogens is 204 g/mol. The van der Waals surface area contributed by atoms with Crippen LogP contribution in [0.1, 0.15) is 25.7 Å². The highest BCUT2D eigenvalue weighted by Gasteiger charge is 1.92. The number of anilines is 1. The van der Waals surface area contributed by atoms with Gasteiger partial charge in [-0.05, 0) is 24.4 Å². The van der Waals surface area contributed by atoms with E-state index in [0.717, 1.165) is 32.2 Å². The Morgan fingerprint density at radius 1 is 1.19 bits per heavy atom. The van der Waals surface area contributed by atoms with E-state index in [9.17, 15) is 0 Å². The van der Waals surface area contributed by atoms with E-state index in [0.29, 0.717) is 12.5 Å². The van der Waals surface area contributed by atoms with Crippen molar-refractivity contribution in [1.82, 2.24) is 9.97 Å². The molecule has 0 spiro atoms. The summed E-state index contributed by atoms with van der Waals surface area (Å²) < 4.78 is 0. The van der Waals surface area contributed by atoms with Crippen molar-refractivity contribution in [3.05, 3.63) is 28.9 Å². The van der Waals surface area contributed by atoms with Crippen LogP contribution in [0.4, 0.5) is 5.95 Å². The summed E-state index contributed by atoms with van der Waals surface area (Å²) in [5.41, 5.74) is 8.07. The van der Waals surface area contributed by atoms with E-state index in [1.54, 1.807) is 18.5 Å². The second-order valence-corrected chi connectivity index (χ2v) is 3.37. The first-order valence-corrected chi connectivity index (χ1v) is 5.45. The van der Waals surface area contributed by atoms with Crippen molar-refractivity contribution in [2.75, 3.05) is 18.4 Å². The molecule has 0 aliphatic rings. The van der Waals surface area contributed by atoms with Crippen molar-refractivity contribution >= 4 is 5.95 Å². The third kappa shape index (κ3) is 5.82. The Morgan fingerprint density at radius 3 is 2.69 bits per heavy atom. The third-order valence-corrected chi connectivity index (χ3v) is 2.10. The number of hydrogen-bond donors (Lipinski definition) is 1. The molecule has 0 unspecified atom stereocenters. The van der Waals surface area contributed by atoms with Crippen molar-refractivity contribution in [1.29, 1.82) is 0 Å². The minimum Gasteiger partial charge on any atom is -0.354 e. The van der Waals surface area contributed by atoms with Crippen LogP contribution < -0.4 is 5.32 Å². The SMILES string of the molecule is [N-]=[N+]=NCCCCCCNc1ncccn1. The molecule has 1 heterocycles. The molecule has 1 N–H and O–H groups in total. The summed E-state index contributed by atoms with van der Waals surface area (Å²) in [6.45, 7) is 1.48. The number of aromatic nitrogens is 2. The normalized spacial score (nSPS) is 9.50. The van der Waals surface area contributed by atoms with Crippen LogP contribution in [0, 0.1) is 0 Å². The quantitative estimate of drug-likeness (QED) is 0.316. The lowest BCUT2D eigenvalue weighted by molar-refractivity contribution is 0.659. The Bertz CT molecular complexity index is 319. The van der Waals surface area contributed by atoms with Crippen LogP contribution in [0.5, 0.6) is 0 Å². The molecule has 0 saturated heterocycles. The molecule has 16 heavy (non-hydrogen) atoms. The first-order chi connectivity index (χ1) is 7.93. The van der Waals surface area contributed by atoms with Gasteiger partial charge < -0.3 is 5.32 Å². The number of nitrogens with one attached hydrogen (secondary N) is 1. The number of unbranched alkanes of at least 4 members (excludes halogenated alkanes) is 3. The largest absolute Gasteiger partial charge is 0.354 e. The minimum absolute atomic E-state index is 0.603. The van der Waals surface area contributed by atoms with E-state index in [4.69, 9.17) is 5.53 Å². The Hall–Kier alpha value is -1.81. The Balaban J connectivity index is 1.94. The maximum Gasteiger partial charge on any atom is 0.222 e. The van der Waals surface area contributed by atoms with Gasteiger partial charge in [0.2, 0.25) is 5.95 Å². The highest BCUT2D eigenvalue weighted by atomic mass is 15.1. The lowest BCUT2D eigenvalue weighted by atomic mass is 10.2. The van der Waals surface area contributed by atoms with Gasteiger partial charge in [0.15, 0.2) is 0 Å². The van der Waals surface area contributed by atoms with Crippen LogP contribution in [-0.4, -0.2) is 23.1 Å². The van der Waals surface area contributed by atoms with Crippen molar-refractivity contribution in [3.63, 3.8) is 0 Å². The fraction of sp³-hybridized carbons (Fsp3) is 0.600. The highest BCUT2D eigenvalue weighted by Crippen LogP contribution is 2.01. The lowest BCUT2D eigenvalue weighted by Crippen LogP contribution is -2.04. The summed E-state index contributed by atoms with van der Waals surface area (Å²) >= 11 is 0. The molecule has 0 aliphatic heterocycles. The summed E-state index contributed by atoms with van der Waals surface area (Å²) in [7, 11) is 0. The Kier molecular flexibility index (Phi) is 6.51. The van der Waals surface area contributed by atoms with Gasteiger partial charge in [-0.2, -0.15) is 0 Å². The van der Waals surface area contributed by atoms with Gasteiger partial charge in [0, 0.05) is 30.4 Å². The van der Waals surface area contributed by atoms with Gasteiger partial charge in [-0.1, -0.05) is 18.0 Å². The van der Waals surface area contributed by atoms with E-state index in [-0.39, 0.29) is 0 Å². The van der Waals surface area contributed by atoms with E-state index in [2.05, 4.69) is 25.3 Å². The summed E-state index contributed by atoms with van der Waals surface area (Å²) in [5.74, 6) is 0.677. The van der Waals surface area contributed by atoms with Crippen LogP contribution in [0.3, 0.4) is 0 Å². The molecule has 0 atom stereocenters. The maximum absolute atomic E-state index is 8.07. The van der Waals surface area contributed by atoms with Crippen LogP contribution in [-0.2, 0) is 0 Å². The maximum atomic E-state index is 8.07. The molecule has 0 saturated carbocycles. The Morgan fingerprint density at radius 2 is 1.94 bits per heavy atom. The molecule has 1 rings (SSSR count). The molecule has 6 nitrogen and oxygen atoms in total. The zero-order chi connectivity index (χ0) is 11.5. The molecular formula is C10H16N6. The zero-order valence-electron chi connectivity index (χ0n) is 9.21. The molecule has 0 amide bonds. The summed E-state index contributed by atoms with van der Waals surface area (Å²) in [5, 5.41) is 6.62. The Labute approximate surface area is 94.7 Å². The molecule has 6 heteroatoms. The molecule has 0 radical (unpaired) electrons. The summed E-state index contributed by atoms with van der Waals surface area (Å²) in [6, 6.07) is 1.79. The second kappa shape index (κ2) is 8.49. The number of rotatable bonds is 8. The van der Waals surface area contributed by atoms with E-state index in [1.807, 2.05) is 0 Å². The molecule has 1 aromatic heterocycles. The number of nitrogens with zero attached hydrogens (tertiary/aromatic N) is 5. The van der Waals surface area contributed by atoms with Crippen molar-refractivity contribution in [2.45, 2.75) is 25.7 Å². The lowest BCUT2D eigenvalue weighted by Gasteiger charge is -2.03. The zero-order valence-corrected chi connectivity index (χ0v) is 9.21. The number of hydrogen-bond acceptors (Lipinski definition) is 4. The van der Waals surface area contributed by atoms with Gasteiger partial charge in [-0.25, -0.2) is 9.97 Å². The van der Waals surface area contributed by atoms with E-state index in [1.165, 1.54) is 0 Å². The van der Waals surface area contributed by atoms with Crippen molar-refractivity contribution in [2.24, 2.45) is 5.11 Å². The number of azide groups is 1. The van der Waals surface area contributed by atoms with E-state index >= 15 is 0 Å². The highest BCUT2D eigenvalue weighted by molar-refractivity contribution is 5.21. The summed E-state index contributed by atoms with van der Waals surface area (Å²) in [4.78, 5) is 10.8. The van der Waals surface area contributed by atoms with Crippen LogP contribution >= 0.6 is 0 Å². The minimum atomic E-state index is 0.603. The third-order valence-electron chi connectivity index (χ3n) is 2.10. The average Bonchev–Trinajstić information content (AvgIpc) is 2.34. The predicted molar refractivity (Wildman–Crippen MR) is 63.0 cm³/mol. The van der Waals surface area contributed by atoms with Gasteiger partial charge >= 0.3 is 0 Å². The molecule has 0 bridgehead atoms. The monoisotopic (exact) mass is 220 g/mol. The van der Waals surface area contributed by atoms with Gasteiger partial charge in [-0.15, -0.1) is 0 Å². The van der Waals surface area contributed by atoms with Crippen molar-refractivity contribution < 1.29 is 0 Å². The second-order valence-electron chi connectivity index (χ2n) is 3.37. The summed E-state index contributed by atoms with van der Waals surface area (Å²) in [6.07, 6.45) is 7.70. The fourth-order valence-electron chi connectivity index (χ4n) is 1.30. The smallest absolute Gasteiger partial charge is 0.222 e. The van der Waals surface area contributed by atoms with Gasteiger partial charge in [0.25, 0.3) is 0 Å². The van der Waals surface area contributed by atoms with Gasteiger partial charge in [0.1, 0.15) is 0 Å². The molecule has 0 fully saturated rings. The first-order valence-electron chi connectivity index (χ1n) is 5.45. The standard InChI is InChI=1S/C10H16N6/c11-16-15-9-4-2-1-3-6-12-10-13-7-5-8-14-10/h5,7-8H,1-4,6,9H2,(H,12,13,14). The van der Waals surface area contributed by atoms with Crippen LogP contribution in [0.2, 0.25) is 0 Å². The average molecular weight is 220 g/mol. The first kappa shape index (κ1) is 12.3. The van der Waals surface area contributed by atoms with Crippen molar-refractivity contribution in [3.8, 4) is 0 Å². The molecule has 86 valence electrons. The van der Waals surface area contributed by atoms with Gasteiger partial charge in [-0.3, -0.25) is 0 Å². The molecule has 1 aromatic rings. The van der Waals surface area contributed by atoms with Crippen LogP contribution in [0.25, 0.3) is 10.4 Å².